The highest BCUT2D eigenvalue weighted by molar-refractivity contribution is 7.45. The van der Waals surface area contributed by atoms with Crippen molar-refractivity contribution in [2.75, 3.05) is 47.5 Å². The van der Waals surface area contributed by atoms with Gasteiger partial charge in [-0.05, 0) is 64.2 Å². The Labute approximate surface area is 517 Å². The molecule has 0 aliphatic carbocycles. The third-order valence-electron chi connectivity index (χ3n) is 16.7. The van der Waals surface area contributed by atoms with Gasteiger partial charge in [-0.1, -0.05) is 327 Å². The van der Waals surface area contributed by atoms with Crippen molar-refractivity contribution < 1.29 is 42.1 Å². The Morgan fingerprint density at radius 1 is 0.361 bits per heavy atom. The smallest absolute Gasteiger partial charge is 0.306 e. The summed E-state index contributed by atoms with van der Waals surface area (Å²) in [6.45, 7) is 4.30. The van der Waals surface area contributed by atoms with E-state index in [4.69, 9.17) is 18.5 Å². The van der Waals surface area contributed by atoms with Crippen LogP contribution in [0.15, 0.2) is 24.3 Å². The van der Waals surface area contributed by atoms with Crippen LogP contribution in [0.25, 0.3) is 0 Å². The van der Waals surface area contributed by atoms with Crippen LogP contribution >= 0.6 is 7.82 Å². The molecule has 0 radical (unpaired) electrons. The number of esters is 2. The van der Waals surface area contributed by atoms with Crippen LogP contribution in [-0.4, -0.2) is 70.0 Å². The number of quaternary nitrogens is 1. The summed E-state index contributed by atoms with van der Waals surface area (Å²) in [5.41, 5.74) is 0. The summed E-state index contributed by atoms with van der Waals surface area (Å²) < 4.78 is 34.3. The molecule has 9 nitrogen and oxygen atoms in total. The highest BCUT2D eigenvalue weighted by Gasteiger charge is 2.22. The van der Waals surface area contributed by atoms with E-state index in [1.54, 1.807) is 0 Å². The molecule has 0 rings (SSSR count). The summed E-state index contributed by atoms with van der Waals surface area (Å²) in [5.74, 6) is -0.818. The number of allylic oxidation sites excluding steroid dienone is 4. The molecule has 0 spiro atoms. The molecule has 0 saturated carbocycles. The van der Waals surface area contributed by atoms with E-state index in [2.05, 4.69) is 38.2 Å². The van der Waals surface area contributed by atoms with Crippen LogP contribution in [-0.2, 0) is 32.7 Å². The zero-order valence-corrected chi connectivity index (χ0v) is 57.1. The molecule has 0 aliphatic heterocycles. The van der Waals surface area contributed by atoms with Crippen molar-refractivity contribution in [2.24, 2.45) is 0 Å². The normalized spacial score (nSPS) is 13.2. The molecule has 0 amide bonds. The van der Waals surface area contributed by atoms with Crippen LogP contribution in [0, 0.1) is 0 Å². The van der Waals surface area contributed by atoms with Gasteiger partial charge in [0.25, 0.3) is 7.82 Å². The Morgan fingerprint density at radius 3 is 0.892 bits per heavy atom. The lowest BCUT2D eigenvalue weighted by atomic mass is 10.0. The third kappa shape index (κ3) is 69.5. The largest absolute Gasteiger partial charge is 0.756 e. The fourth-order valence-corrected chi connectivity index (χ4v) is 11.8. The van der Waals surface area contributed by atoms with Crippen molar-refractivity contribution in [3.05, 3.63) is 24.3 Å². The van der Waals surface area contributed by atoms with Crippen molar-refractivity contribution in [1.29, 1.82) is 0 Å². The minimum Gasteiger partial charge on any atom is -0.756 e. The highest BCUT2D eigenvalue weighted by atomic mass is 31.2. The molecular weight excluding hydrogens is 1050 g/mol. The molecule has 0 aliphatic rings. The lowest BCUT2D eigenvalue weighted by Crippen LogP contribution is -2.37. The number of carbonyl (C=O) groups is 2. The minimum absolute atomic E-state index is 0.0281. The van der Waals surface area contributed by atoms with Crippen molar-refractivity contribution in [3.8, 4) is 0 Å². The van der Waals surface area contributed by atoms with Crippen molar-refractivity contribution in [2.45, 2.75) is 386 Å². The van der Waals surface area contributed by atoms with Gasteiger partial charge in [-0.2, -0.15) is 0 Å². The molecule has 2 unspecified atom stereocenters. The first-order valence-corrected chi connectivity index (χ1v) is 38.0. The number of phosphoric ester groups is 1. The molecule has 0 aromatic carbocycles. The number of unbranched alkanes of at least 4 members (excludes halogenated alkanes) is 51. The van der Waals surface area contributed by atoms with Crippen LogP contribution in [0.2, 0.25) is 0 Å². The molecule has 0 aromatic heterocycles. The zero-order valence-electron chi connectivity index (χ0n) is 56.2. The molecule has 2 atom stereocenters. The standard InChI is InChI=1S/C73H142NO8P/c1-6-8-10-12-14-16-18-20-22-24-26-27-28-29-30-31-32-33-34-35-36-37-38-39-40-41-42-43-44-45-46-47-48-50-52-54-56-58-60-62-64-66-73(76)82-71(70-81-83(77,78)80-68-67-74(3,4)5)69-79-72(75)65-63-61-59-57-55-53-51-49-25-23-21-19-17-15-13-11-9-7-2/h23-26,71H,6-22,27-70H2,1-5H3/b25-23-,26-24-. The van der Waals surface area contributed by atoms with Crippen LogP contribution in [0.5, 0.6) is 0 Å². The number of hydrogen-bond donors (Lipinski definition) is 0. The van der Waals surface area contributed by atoms with Gasteiger partial charge in [-0.25, -0.2) is 0 Å². The fraction of sp³-hybridized carbons (Fsp3) is 0.918. The average Bonchev–Trinajstić information content (AvgIpc) is 3.49. The quantitative estimate of drug-likeness (QED) is 0.0195. The van der Waals surface area contributed by atoms with Gasteiger partial charge in [0.2, 0.25) is 0 Å². The zero-order chi connectivity index (χ0) is 60.5. The van der Waals surface area contributed by atoms with Gasteiger partial charge in [0.05, 0.1) is 27.7 Å². The lowest BCUT2D eigenvalue weighted by Gasteiger charge is -2.28. The maximum absolute atomic E-state index is 12.9. The minimum atomic E-state index is -4.64. The van der Waals surface area contributed by atoms with E-state index in [9.17, 15) is 19.0 Å². The van der Waals surface area contributed by atoms with E-state index in [1.807, 2.05) is 21.1 Å². The average molecular weight is 1190 g/mol. The van der Waals surface area contributed by atoms with Crippen LogP contribution in [0.1, 0.15) is 380 Å². The molecule has 0 fully saturated rings. The predicted octanol–water partition coefficient (Wildman–Crippen LogP) is 23.0. The summed E-state index contributed by atoms with van der Waals surface area (Å²) in [7, 11) is 1.18. The van der Waals surface area contributed by atoms with Gasteiger partial charge in [-0.3, -0.25) is 14.2 Å². The van der Waals surface area contributed by atoms with Crippen LogP contribution in [0.4, 0.5) is 0 Å². The Balaban J connectivity index is 3.85. The van der Waals surface area contributed by atoms with Gasteiger partial charge in [0, 0.05) is 12.8 Å². The number of ether oxygens (including phenoxy) is 2. The molecule has 0 bridgehead atoms. The van der Waals surface area contributed by atoms with E-state index in [0.717, 1.165) is 38.5 Å². The van der Waals surface area contributed by atoms with Crippen LogP contribution in [0.3, 0.4) is 0 Å². The first-order valence-electron chi connectivity index (χ1n) is 36.5. The lowest BCUT2D eigenvalue weighted by molar-refractivity contribution is -0.870. The molecule has 10 heteroatoms. The van der Waals surface area contributed by atoms with Gasteiger partial charge < -0.3 is 27.9 Å². The Kier molecular flexibility index (Phi) is 63.8. The van der Waals surface area contributed by atoms with E-state index in [-0.39, 0.29) is 32.0 Å². The Hall–Kier alpha value is -1.51. The van der Waals surface area contributed by atoms with Crippen molar-refractivity contribution in [3.63, 3.8) is 0 Å². The van der Waals surface area contributed by atoms with Gasteiger partial charge in [0.15, 0.2) is 6.10 Å². The molecule has 0 aromatic rings. The van der Waals surface area contributed by atoms with Crippen molar-refractivity contribution in [1.82, 2.24) is 0 Å². The second-order valence-corrected chi connectivity index (χ2v) is 27.7. The van der Waals surface area contributed by atoms with Crippen LogP contribution < -0.4 is 4.89 Å². The maximum atomic E-state index is 12.9. The number of likely N-dealkylation sites (N-methyl/N-ethyl adjacent to an activating group) is 1. The maximum Gasteiger partial charge on any atom is 0.306 e. The Bertz CT molecular complexity index is 1450. The summed E-state index contributed by atoms with van der Waals surface area (Å²) in [6, 6.07) is 0. The predicted molar refractivity (Wildman–Crippen MR) is 356 cm³/mol. The fourth-order valence-electron chi connectivity index (χ4n) is 11.1. The number of rotatable bonds is 69. The second kappa shape index (κ2) is 64.9. The summed E-state index contributed by atoms with van der Waals surface area (Å²) in [6.07, 6.45) is 81.5. The molecule has 0 N–H and O–H groups in total. The van der Waals surface area contributed by atoms with E-state index in [1.165, 1.54) is 308 Å². The van der Waals surface area contributed by atoms with E-state index < -0.39 is 26.5 Å². The van der Waals surface area contributed by atoms with Gasteiger partial charge >= 0.3 is 11.9 Å². The first-order chi connectivity index (χ1) is 40.5. The van der Waals surface area contributed by atoms with Gasteiger partial charge in [0.1, 0.15) is 19.8 Å². The molecule has 0 heterocycles. The summed E-state index contributed by atoms with van der Waals surface area (Å²) in [4.78, 5) is 38.0. The number of phosphoric acid groups is 1. The monoisotopic (exact) mass is 1190 g/mol. The highest BCUT2D eigenvalue weighted by Crippen LogP contribution is 2.38. The number of hydrogen-bond acceptors (Lipinski definition) is 8. The summed E-state index contributed by atoms with van der Waals surface area (Å²) in [5, 5.41) is 0. The first kappa shape index (κ1) is 81.5. The Morgan fingerprint density at radius 2 is 0.614 bits per heavy atom. The topological polar surface area (TPSA) is 111 Å². The molecule has 0 saturated heterocycles. The van der Waals surface area contributed by atoms with Crippen molar-refractivity contribution >= 4 is 19.8 Å². The molecular formula is C73H142NO8P. The number of nitrogens with zero attached hydrogens (tertiary/aromatic N) is 1. The van der Waals surface area contributed by atoms with E-state index >= 15 is 0 Å². The molecule has 83 heavy (non-hydrogen) atoms. The van der Waals surface area contributed by atoms with Gasteiger partial charge in [-0.15, -0.1) is 0 Å². The van der Waals surface area contributed by atoms with E-state index in [0.29, 0.717) is 17.4 Å². The molecule has 492 valence electrons. The third-order valence-corrected chi connectivity index (χ3v) is 17.7. The second-order valence-electron chi connectivity index (χ2n) is 26.3. The SMILES string of the molecule is CCCCCCCCC/C=C\CCCCCCCCCC(=O)OCC(COP(=O)([O-])OCC[N+](C)(C)C)OC(=O)CCCCCCCCCCCCCCCCCCCCCCCCCCCCCCC/C=C\CCCCCCCCCC. The number of carbonyl (C=O) groups excluding carboxylic acids is 2. The summed E-state index contributed by atoms with van der Waals surface area (Å²) >= 11 is 0.